The number of anilines is 2. The van der Waals surface area contributed by atoms with Gasteiger partial charge in [0.25, 0.3) is 5.91 Å². The van der Waals surface area contributed by atoms with Gasteiger partial charge in [0.05, 0.1) is 5.69 Å². The maximum absolute atomic E-state index is 14.4. The van der Waals surface area contributed by atoms with Gasteiger partial charge in [0, 0.05) is 17.1 Å². The average molecular weight is 513 g/mol. The van der Waals surface area contributed by atoms with Crippen molar-refractivity contribution >= 4 is 29.2 Å². The van der Waals surface area contributed by atoms with Gasteiger partial charge in [-0.1, -0.05) is 60.7 Å². The molecule has 0 bridgehead atoms. The SMILES string of the molecule is Cc1cccc(N(C(N)=O)C2CC(c3ccccc3)c3cccc(C)c3N(CC(=O)NC(C)(C)C)C2=O)c1. The molecule has 198 valence electrons. The number of nitrogens with two attached hydrogens (primary N) is 1. The van der Waals surface area contributed by atoms with Crippen molar-refractivity contribution in [2.45, 2.75) is 58.5 Å². The van der Waals surface area contributed by atoms with Gasteiger partial charge in [-0.25, -0.2) is 4.79 Å². The minimum absolute atomic E-state index is 0.174. The first-order valence-corrected chi connectivity index (χ1v) is 12.9. The number of para-hydroxylation sites is 1. The van der Waals surface area contributed by atoms with Crippen LogP contribution in [-0.4, -0.2) is 36.0 Å². The summed E-state index contributed by atoms with van der Waals surface area (Å²) in [5.41, 5.74) is 10.5. The van der Waals surface area contributed by atoms with Gasteiger partial charge in [0.15, 0.2) is 0 Å². The molecule has 0 fully saturated rings. The van der Waals surface area contributed by atoms with E-state index in [9.17, 15) is 14.4 Å². The summed E-state index contributed by atoms with van der Waals surface area (Å²) in [5.74, 6) is -0.830. The largest absolute Gasteiger partial charge is 0.351 e. The van der Waals surface area contributed by atoms with Crippen LogP contribution in [0.15, 0.2) is 72.8 Å². The third-order valence-corrected chi connectivity index (χ3v) is 6.77. The summed E-state index contributed by atoms with van der Waals surface area (Å²) in [6.45, 7) is 9.38. The van der Waals surface area contributed by atoms with Crippen molar-refractivity contribution in [1.29, 1.82) is 0 Å². The fraction of sp³-hybridized carbons (Fsp3) is 0.323. The first kappa shape index (κ1) is 26.9. The van der Waals surface area contributed by atoms with E-state index in [-0.39, 0.29) is 24.3 Å². The van der Waals surface area contributed by atoms with Gasteiger partial charge in [-0.3, -0.25) is 14.5 Å². The summed E-state index contributed by atoms with van der Waals surface area (Å²) in [7, 11) is 0. The number of fused-ring (bicyclic) bond motifs is 1. The molecule has 0 saturated carbocycles. The number of aryl methyl sites for hydroxylation is 2. The Morgan fingerprint density at radius 3 is 2.32 bits per heavy atom. The number of amides is 4. The molecule has 1 aliphatic rings. The van der Waals surface area contributed by atoms with Crippen LogP contribution < -0.4 is 20.9 Å². The average Bonchev–Trinajstić information content (AvgIpc) is 2.95. The Balaban J connectivity index is 1.91. The van der Waals surface area contributed by atoms with Gasteiger partial charge < -0.3 is 16.0 Å². The van der Waals surface area contributed by atoms with Crippen molar-refractivity contribution < 1.29 is 14.4 Å². The predicted molar refractivity (Wildman–Crippen MR) is 151 cm³/mol. The summed E-state index contributed by atoms with van der Waals surface area (Å²) in [4.78, 5) is 43.5. The van der Waals surface area contributed by atoms with Gasteiger partial charge in [-0.15, -0.1) is 0 Å². The van der Waals surface area contributed by atoms with Crippen molar-refractivity contribution in [1.82, 2.24) is 5.32 Å². The molecular weight excluding hydrogens is 476 g/mol. The number of benzene rings is 3. The molecule has 3 N–H and O–H groups in total. The summed E-state index contributed by atoms with van der Waals surface area (Å²) in [5, 5.41) is 2.97. The van der Waals surface area contributed by atoms with Crippen LogP contribution in [0.1, 0.15) is 55.4 Å². The molecule has 0 saturated heterocycles. The monoisotopic (exact) mass is 512 g/mol. The maximum atomic E-state index is 14.4. The molecule has 0 radical (unpaired) electrons. The van der Waals surface area contributed by atoms with Crippen molar-refractivity contribution in [3.63, 3.8) is 0 Å². The quantitative estimate of drug-likeness (QED) is 0.501. The Kier molecular flexibility index (Phi) is 7.58. The number of hydrogen-bond donors (Lipinski definition) is 2. The Morgan fingerprint density at radius 2 is 1.68 bits per heavy atom. The molecule has 1 heterocycles. The lowest BCUT2D eigenvalue weighted by atomic mass is 9.85. The zero-order chi connectivity index (χ0) is 27.6. The van der Waals surface area contributed by atoms with Crippen LogP contribution in [0, 0.1) is 13.8 Å². The van der Waals surface area contributed by atoms with Crippen LogP contribution in [0.3, 0.4) is 0 Å². The Hall–Kier alpha value is -4.13. The molecule has 3 aromatic carbocycles. The van der Waals surface area contributed by atoms with E-state index in [2.05, 4.69) is 5.32 Å². The molecule has 2 unspecified atom stereocenters. The summed E-state index contributed by atoms with van der Waals surface area (Å²) >= 11 is 0. The number of primary amides is 1. The molecule has 4 amide bonds. The highest BCUT2D eigenvalue weighted by Gasteiger charge is 2.42. The number of urea groups is 1. The second kappa shape index (κ2) is 10.7. The number of carbonyl (C=O) groups excluding carboxylic acids is 3. The third-order valence-electron chi connectivity index (χ3n) is 6.77. The third kappa shape index (κ3) is 5.72. The van der Waals surface area contributed by atoms with Crippen molar-refractivity contribution in [2.75, 3.05) is 16.3 Å². The number of hydrogen-bond acceptors (Lipinski definition) is 3. The van der Waals surface area contributed by atoms with Gasteiger partial charge in [-0.05, 0) is 75.4 Å². The van der Waals surface area contributed by atoms with E-state index in [0.29, 0.717) is 17.8 Å². The zero-order valence-electron chi connectivity index (χ0n) is 22.7. The lowest BCUT2D eigenvalue weighted by molar-refractivity contribution is -0.125. The summed E-state index contributed by atoms with van der Waals surface area (Å²) in [6, 6.07) is 21.6. The summed E-state index contributed by atoms with van der Waals surface area (Å²) in [6.07, 6.45) is 0.313. The molecule has 0 spiro atoms. The van der Waals surface area contributed by atoms with E-state index in [1.54, 1.807) is 6.07 Å². The minimum atomic E-state index is -0.922. The Morgan fingerprint density at radius 1 is 1.00 bits per heavy atom. The van der Waals surface area contributed by atoms with E-state index in [0.717, 1.165) is 22.3 Å². The van der Waals surface area contributed by atoms with Crippen molar-refractivity contribution in [3.05, 3.63) is 95.1 Å². The highest BCUT2D eigenvalue weighted by molar-refractivity contribution is 6.09. The van der Waals surface area contributed by atoms with Crippen LogP contribution in [0.2, 0.25) is 0 Å². The molecule has 0 aromatic heterocycles. The van der Waals surface area contributed by atoms with Crippen molar-refractivity contribution in [3.8, 4) is 0 Å². The molecule has 1 aliphatic heterocycles. The Bertz CT molecular complexity index is 1350. The van der Waals surface area contributed by atoms with Gasteiger partial charge in [0.1, 0.15) is 12.6 Å². The van der Waals surface area contributed by atoms with Crippen LogP contribution in [0.4, 0.5) is 16.2 Å². The van der Waals surface area contributed by atoms with Gasteiger partial charge >= 0.3 is 6.03 Å². The molecular formula is C31H36N4O3. The molecule has 0 aliphatic carbocycles. The van der Waals surface area contributed by atoms with Crippen molar-refractivity contribution in [2.24, 2.45) is 5.73 Å². The van der Waals surface area contributed by atoms with E-state index >= 15 is 0 Å². The smallest absolute Gasteiger partial charge is 0.320 e. The van der Waals surface area contributed by atoms with Gasteiger partial charge in [0.2, 0.25) is 5.91 Å². The standard InChI is InChI=1S/C31H36N4O3/c1-20-11-9-15-23(17-20)35(30(32)38)26-18-25(22-13-7-6-8-14-22)24-16-10-12-21(2)28(24)34(29(26)37)19-27(36)33-31(3,4)5/h6-17,25-26H,18-19H2,1-5H3,(H2,32,38)(H,33,36). The molecule has 3 aromatic rings. The highest BCUT2D eigenvalue weighted by atomic mass is 16.2. The number of carbonyl (C=O) groups is 3. The number of rotatable bonds is 5. The lowest BCUT2D eigenvalue weighted by Gasteiger charge is -2.33. The zero-order valence-corrected chi connectivity index (χ0v) is 22.7. The first-order valence-electron chi connectivity index (χ1n) is 12.9. The van der Waals surface area contributed by atoms with Crippen LogP contribution in [0.25, 0.3) is 0 Å². The van der Waals surface area contributed by atoms with E-state index < -0.39 is 17.6 Å². The number of nitrogens with one attached hydrogen (secondary N) is 1. The topological polar surface area (TPSA) is 95.7 Å². The second-order valence-electron chi connectivity index (χ2n) is 11.0. The van der Waals surface area contributed by atoms with E-state index in [4.69, 9.17) is 5.73 Å². The van der Waals surface area contributed by atoms with Crippen LogP contribution >= 0.6 is 0 Å². The van der Waals surface area contributed by atoms with E-state index in [1.807, 2.05) is 101 Å². The fourth-order valence-corrected chi connectivity index (χ4v) is 5.29. The van der Waals surface area contributed by atoms with Crippen LogP contribution in [0.5, 0.6) is 0 Å². The number of nitrogens with zero attached hydrogens (tertiary/aromatic N) is 2. The first-order chi connectivity index (χ1) is 18.0. The lowest BCUT2D eigenvalue weighted by Crippen LogP contribution is -2.55. The van der Waals surface area contributed by atoms with Crippen LogP contribution in [-0.2, 0) is 9.59 Å². The highest BCUT2D eigenvalue weighted by Crippen LogP contribution is 2.42. The maximum Gasteiger partial charge on any atom is 0.320 e. The molecule has 7 heteroatoms. The second-order valence-corrected chi connectivity index (χ2v) is 11.0. The molecule has 7 nitrogen and oxygen atoms in total. The Labute approximate surface area is 224 Å². The van der Waals surface area contributed by atoms with E-state index in [1.165, 1.54) is 9.80 Å². The normalized spacial score (nSPS) is 17.4. The summed E-state index contributed by atoms with van der Waals surface area (Å²) < 4.78 is 0. The van der Waals surface area contributed by atoms with Gasteiger partial charge in [-0.2, -0.15) is 0 Å². The fourth-order valence-electron chi connectivity index (χ4n) is 5.29. The predicted octanol–water partition coefficient (Wildman–Crippen LogP) is 5.04. The molecule has 38 heavy (non-hydrogen) atoms. The molecule has 2 atom stereocenters. The minimum Gasteiger partial charge on any atom is -0.351 e. The molecule has 4 rings (SSSR count).